The molecular weight excluding hydrogens is 172 g/mol. The van der Waals surface area contributed by atoms with Crippen LogP contribution in [0.15, 0.2) is 18.3 Å². The third-order valence-electron chi connectivity index (χ3n) is 1.71. The standard InChI is InChI=1S/C9H9ClN2/c1-9(2,6-11)7-4-3-5-12-8(7)10/h3-5H,1-2H3. The normalized spacial score (nSPS) is 10.8. The highest BCUT2D eigenvalue weighted by atomic mass is 35.5. The smallest absolute Gasteiger partial charge is 0.133 e. The predicted molar refractivity (Wildman–Crippen MR) is 47.9 cm³/mol. The van der Waals surface area contributed by atoms with Crippen LogP contribution in [0.25, 0.3) is 0 Å². The molecule has 0 spiro atoms. The van der Waals surface area contributed by atoms with Crippen LogP contribution >= 0.6 is 11.6 Å². The second-order valence-electron chi connectivity index (χ2n) is 3.08. The number of pyridine rings is 1. The zero-order chi connectivity index (χ0) is 9.19. The molecule has 0 unspecified atom stereocenters. The predicted octanol–water partition coefficient (Wildman–Crippen LogP) is 2.54. The Bertz CT molecular complexity index is 326. The van der Waals surface area contributed by atoms with E-state index in [1.165, 1.54) is 0 Å². The van der Waals surface area contributed by atoms with Crippen LogP contribution in [0, 0.1) is 11.3 Å². The van der Waals surface area contributed by atoms with Crippen molar-refractivity contribution in [2.45, 2.75) is 19.3 Å². The Hall–Kier alpha value is -1.07. The summed E-state index contributed by atoms with van der Waals surface area (Å²) >= 11 is 5.83. The van der Waals surface area contributed by atoms with E-state index in [4.69, 9.17) is 16.9 Å². The van der Waals surface area contributed by atoms with Gasteiger partial charge in [0.25, 0.3) is 0 Å². The molecule has 1 heterocycles. The van der Waals surface area contributed by atoms with Gasteiger partial charge in [-0.1, -0.05) is 17.7 Å². The molecule has 0 amide bonds. The van der Waals surface area contributed by atoms with Crippen LogP contribution in [-0.2, 0) is 5.41 Å². The van der Waals surface area contributed by atoms with Gasteiger partial charge in [-0.2, -0.15) is 5.26 Å². The molecule has 0 fully saturated rings. The second-order valence-corrected chi connectivity index (χ2v) is 3.44. The maximum atomic E-state index is 8.84. The topological polar surface area (TPSA) is 36.7 Å². The Kier molecular flexibility index (Phi) is 2.35. The molecule has 0 saturated heterocycles. The molecule has 62 valence electrons. The molecular formula is C9H9ClN2. The molecule has 1 aromatic rings. The summed E-state index contributed by atoms with van der Waals surface area (Å²) in [6.07, 6.45) is 1.61. The minimum atomic E-state index is -0.564. The molecule has 2 nitrogen and oxygen atoms in total. The van der Waals surface area contributed by atoms with Gasteiger partial charge in [0.1, 0.15) is 5.15 Å². The summed E-state index contributed by atoms with van der Waals surface area (Å²) < 4.78 is 0. The number of rotatable bonds is 1. The van der Waals surface area contributed by atoms with Crippen molar-refractivity contribution in [3.05, 3.63) is 29.0 Å². The number of nitriles is 1. The monoisotopic (exact) mass is 180 g/mol. The van der Waals surface area contributed by atoms with Crippen LogP contribution in [0.2, 0.25) is 5.15 Å². The van der Waals surface area contributed by atoms with E-state index in [-0.39, 0.29) is 0 Å². The summed E-state index contributed by atoms with van der Waals surface area (Å²) in [7, 11) is 0. The second kappa shape index (κ2) is 3.12. The first-order chi connectivity index (χ1) is 5.58. The SMILES string of the molecule is CC(C)(C#N)c1cccnc1Cl. The molecule has 0 saturated carbocycles. The van der Waals surface area contributed by atoms with Crippen molar-refractivity contribution in [1.82, 2.24) is 4.98 Å². The lowest BCUT2D eigenvalue weighted by Gasteiger charge is -2.15. The highest BCUT2D eigenvalue weighted by molar-refractivity contribution is 6.30. The van der Waals surface area contributed by atoms with Gasteiger partial charge in [0.05, 0.1) is 11.5 Å². The van der Waals surface area contributed by atoms with Gasteiger partial charge in [0.15, 0.2) is 0 Å². The molecule has 3 heteroatoms. The van der Waals surface area contributed by atoms with Crippen molar-refractivity contribution in [3.63, 3.8) is 0 Å². The van der Waals surface area contributed by atoms with E-state index in [0.29, 0.717) is 5.15 Å². The molecule has 0 aromatic carbocycles. The highest BCUT2D eigenvalue weighted by Gasteiger charge is 2.22. The summed E-state index contributed by atoms with van der Waals surface area (Å²) in [6.45, 7) is 3.63. The van der Waals surface area contributed by atoms with Crippen molar-refractivity contribution >= 4 is 11.6 Å². The third kappa shape index (κ3) is 1.57. The van der Waals surface area contributed by atoms with Gasteiger partial charge in [-0.3, -0.25) is 0 Å². The first-order valence-corrected chi connectivity index (χ1v) is 3.98. The van der Waals surface area contributed by atoms with Crippen LogP contribution in [-0.4, -0.2) is 4.98 Å². The van der Waals surface area contributed by atoms with Gasteiger partial charge in [-0.05, 0) is 19.9 Å². The average Bonchev–Trinajstić information content (AvgIpc) is 2.05. The first-order valence-electron chi connectivity index (χ1n) is 3.60. The van der Waals surface area contributed by atoms with Crippen LogP contribution in [0.3, 0.4) is 0 Å². The van der Waals surface area contributed by atoms with E-state index >= 15 is 0 Å². The Morgan fingerprint density at radius 3 is 2.75 bits per heavy atom. The molecule has 1 rings (SSSR count). The summed E-state index contributed by atoms with van der Waals surface area (Å²) in [5, 5.41) is 9.24. The lowest BCUT2D eigenvalue weighted by Crippen LogP contribution is -2.14. The number of aromatic nitrogens is 1. The Morgan fingerprint density at radius 2 is 2.25 bits per heavy atom. The van der Waals surface area contributed by atoms with Gasteiger partial charge >= 0.3 is 0 Å². The van der Waals surface area contributed by atoms with E-state index in [1.54, 1.807) is 12.3 Å². The third-order valence-corrected chi connectivity index (χ3v) is 2.01. The summed E-state index contributed by atoms with van der Waals surface area (Å²) in [6, 6.07) is 5.77. The lowest BCUT2D eigenvalue weighted by atomic mass is 9.88. The van der Waals surface area contributed by atoms with Gasteiger partial charge in [0.2, 0.25) is 0 Å². The first kappa shape index (κ1) is 9.02. The number of hydrogen-bond acceptors (Lipinski definition) is 2. The van der Waals surface area contributed by atoms with Gasteiger partial charge < -0.3 is 0 Å². The largest absolute Gasteiger partial charge is 0.244 e. The van der Waals surface area contributed by atoms with Gasteiger partial charge in [-0.15, -0.1) is 0 Å². The minimum Gasteiger partial charge on any atom is -0.244 e. The van der Waals surface area contributed by atoms with Gasteiger partial charge in [-0.25, -0.2) is 4.98 Å². The van der Waals surface area contributed by atoms with Crippen molar-refractivity contribution in [2.75, 3.05) is 0 Å². The summed E-state index contributed by atoms with van der Waals surface area (Å²) in [4.78, 5) is 3.91. The van der Waals surface area contributed by atoms with E-state index < -0.39 is 5.41 Å². The maximum Gasteiger partial charge on any atom is 0.133 e. The molecule has 0 bridgehead atoms. The molecule has 0 atom stereocenters. The zero-order valence-corrected chi connectivity index (χ0v) is 7.76. The van der Waals surface area contributed by atoms with E-state index in [9.17, 15) is 0 Å². The van der Waals surface area contributed by atoms with E-state index in [1.807, 2.05) is 19.9 Å². The number of halogens is 1. The Morgan fingerprint density at radius 1 is 1.58 bits per heavy atom. The van der Waals surface area contributed by atoms with Gasteiger partial charge in [0, 0.05) is 11.8 Å². The quantitative estimate of drug-likeness (QED) is 0.623. The Balaban J connectivity index is 3.22. The Labute approximate surface area is 76.8 Å². The summed E-state index contributed by atoms with van der Waals surface area (Å²) in [5.74, 6) is 0. The van der Waals surface area contributed by atoms with Crippen molar-refractivity contribution in [3.8, 4) is 6.07 Å². The van der Waals surface area contributed by atoms with Crippen molar-refractivity contribution in [1.29, 1.82) is 5.26 Å². The lowest BCUT2D eigenvalue weighted by molar-refractivity contribution is 0.683. The molecule has 0 aliphatic rings. The molecule has 0 N–H and O–H groups in total. The van der Waals surface area contributed by atoms with Crippen molar-refractivity contribution < 1.29 is 0 Å². The van der Waals surface area contributed by atoms with Crippen LogP contribution < -0.4 is 0 Å². The van der Waals surface area contributed by atoms with Crippen LogP contribution in [0.4, 0.5) is 0 Å². The highest BCUT2D eigenvalue weighted by Crippen LogP contribution is 2.26. The number of hydrogen-bond donors (Lipinski definition) is 0. The van der Waals surface area contributed by atoms with Crippen molar-refractivity contribution in [2.24, 2.45) is 0 Å². The summed E-state index contributed by atoms with van der Waals surface area (Å²) in [5.41, 5.74) is 0.208. The molecule has 0 aliphatic carbocycles. The maximum absolute atomic E-state index is 8.84. The molecule has 12 heavy (non-hydrogen) atoms. The van der Waals surface area contributed by atoms with Crippen LogP contribution in [0.5, 0.6) is 0 Å². The molecule has 1 aromatic heterocycles. The fraction of sp³-hybridized carbons (Fsp3) is 0.333. The zero-order valence-electron chi connectivity index (χ0n) is 7.00. The van der Waals surface area contributed by atoms with E-state index in [2.05, 4.69) is 11.1 Å². The molecule has 0 aliphatic heterocycles. The van der Waals surface area contributed by atoms with E-state index in [0.717, 1.165) is 5.56 Å². The minimum absolute atomic E-state index is 0.407. The fourth-order valence-electron chi connectivity index (χ4n) is 0.912. The van der Waals surface area contributed by atoms with Crippen LogP contribution in [0.1, 0.15) is 19.4 Å². The molecule has 0 radical (unpaired) electrons. The number of nitrogens with zero attached hydrogens (tertiary/aromatic N) is 2. The average molecular weight is 181 g/mol. The fourth-order valence-corrected chi connectivity index (χ4v) is 1.27.